The number of hydrogen-bond acceptors (Lipinski definition) is 8. The molecule has 0 aliphatic carbocycles. The van der Waals surface area contributed by atoms with E-state index in [0.717, 1.165) is 16.7 Å². The SMILES string of the molecule is CC(=O)N[C@@H]1[C@@H](NC(=O)OC(C)(C)C)C=C(C(=O)OC(c2ccccc2)c2ccccc2)O[C@H]1C(=O)N(CCc1ccccc1)CCN(C)C. The summed E-state index contributed by atoms with van der Waals surface area (Å²) in [4.78, 5) is 57.8. The molecule has 266 valence electrons. The molecule has 50 heavy (non-hydrogen) atoms. The number of nitrogens with zero attached hydrogens (tertiary/aromatic N) is 2. The summed E-state index contributed by atoms with van der Waals surface area (Å²) >= 11 is 0. The number of likely N-dealkylation sites (N-methyl/N-ethyl adjacent to an activating group) is 1. The topological polar surface area (TPSA) is 127 Å². The Bertz CT molecular complexity index is 1570. The number of carbonyl (C=O) groups is 4. The second-order valence-electron chi connectivity index (χ2n) is 13.4. The van der Waals surface area contributed by atoms with E-state index in [1.807, 2.05) is 110 Å². The molecule has 11 heteroatoms. The molecule has 3 aromatic carbocycles. The van der Waals surface area contributed by atoms with Crippen LogP contribution < -0.4 is 10.6 Å². The molecule has 0 aromatic heterocycles. The zero-order chi connectivity index (χ0) is 36.3. The average Bonchev–Trinajstić information content (AvgIpc) is 3.07. The summed E-state index contributed by atoms with van der Waals surface area (Å²) < 4.78 is 17.8. The maximum absolute atomic E-state index is 14.5. The molecule has 0 unspecified atom stereocenters. The van der Waals surface area contributed by atoms with Gasteiger partial charge in [0.2, 0.25) is 11.7 Å². The van der Waals surface area contributed by atoms with E-state index in [1.165, 1.54) is 13.0 Å². The second kappa shape index (κ2) is 17.5. The van der Waals surface area contributed by atoms with Crippen molar-refractivity contribution in [3.05, 3.63) is 120 Å². The summed E-state index contributed by atoms with van der Waals surface area (Å²) in [5.41, 5.74) is 1.66. The van der Waals surface area contributed by atoms with Gasteiger partial charge in [0.1, 0.15) is 5.60 Å². The molecular formula is C39H48N4O7. The largest absolute Gasteiger partial charge is 0.471 e. The molecule has 1 aliphatic heterocycles. The van der Waals surface area contributed by atoms with Crippen molar-refractivity contribution in [3.8, 4) is 0 Å². The first kappa shape index (κ1) is 37.7. The highest BCUT2D eigenvalue weighted by atomic mass is 16.6. The smallest absolute Gasteiger partial charge is 0.408 e. The van der Waals surface area contributed by atoms with Crippen LogP contribution in [-0.2, 0) is 35.0 Å². The molecule has 0 spiro atoms. The van der Waals surface area contributed by atoms with Crippen molar-refractivity contribution in [2.75, 3.05) is 33.7 Å². The van der Waals surface area contributed by atoms with Gasteiger partial charge in [0.15, 0.2) is 12.2 Å². The lowest BCUT2D eigenvalue weighted by Gasteiger charge is -2.39. The average molecular weight is 685 g/mol. The van der Waals surface area contributed by atoms with Gasteiger partial charge in [-0.1, -0.05) is 91.0 Å². The quantitative estimate of drug-likeness (QED) is 0.250. The van der Waals surface area contributed by atoms with Gasteiger partial charge in [0.25, 0.3) is 5.91 Å². The Morgan fingerprint density at radius 3 is 1.88 bits per heavy atom. The van der Waals surface area contributed by atoms with E-state index >= 15 is 0 Å². The molecule has 3 atom stereocenters. The third-order valence-corrected chi connectivity index (χ3v) is 7.87. The molecule has 4 rings (SSSR count). The second-order valence-corrected chi connectivity index (χ2v) is 13.4. The van der Waals surface area contributed by atoms with Crippen LogP contribution in [0.3, 0.4) is 0 Å². The normalized spacial score (nSPS) is 17.3. The Labute approximate surface area is 294 Å². The van der Waals surface area contributed by atoms with Crippen LogP contribution in [0.5, 0.6) is 0 Å². The lowest BCUT2D eigenvalue weighted by molar-refractivity contribution is -0.154. The van der Waals surface area contributed by atoms with Gasteiger partial charge in [0, 0.05) is 26.6 Å². The van der Waals surface area contributed by atoms with Crippen LogP contribution in [0.2, 0.25) is 0 Å². The Morgan fingerprint density at radius 2 is 1.36 bits per heavy atom. The maximum Gasteiger partial charge on any atom is 0.408 e. The predicted octanol–water partition coefficient (Wildman–Crippen LogP) is 4.63. The number of nitrogens with one attached hydrogen (secondary N) is 2. The van der Waals surface area contributed by atoms with Crippen molar-refractivity contribution in [1.29, 1.82) is 0 Å². The fourth-order valence-electron chi connectivity index (χ4n) is 5.49. The van der Waals surface area contributed by atoms with Crippen LogP contribution in [0.25, 0.3) is 0 Å². The molecule has 2 N–H and O–H groups in total. The van der Waals surface area contributed by atoms with E-state index in [4.69, 9.17) is 14.2 Å². The summed E-state index contributed by atoms with van der Waals surface area (Å²) in [7, 11) is 3.81. The fraction of sp³-hybridized carbons (Fsp3) is 0.385. The van der Waals surface area contributed by atoms with Crippen LogP contribution in [0.15, 0.2) is 103 Å². The summed E-state index contributed by atoms with van der Waals surface area (Å²) in [5, 5.41) is 5.53. The van der Waals surface area contributed by atoms with Crippen molar-refractivity contribution in [3.63, 3.8) is 0 Å². The highest BCUT2D eigenvalue weighted by molar-refractivity contribution is 5.90. The van der Waals surface area contributed by atoms with Gasteiger partial charge in [-0.2, -0.15) is 0 Å². The maximum atomic E-state index is 14.5. The molecule has 0 bridgehead atoms. The molecule has 0 saturated heterocycles. The van der Waals surface area contributed by atoms with E-state index < -0.39 is 53.8 Å². The summed E-state index contributed by atoms with van der Waals surface area (Å²) in [6, 6.07) is 26.1. The van der Waals surface area contributed by atoms with Gasteiger partial charge in [-0.05, 0) is 64.1 Å². The molecule has 0 radical (unpaired) electrons. The first-order valence-electron chi connectivity index (χ1n) is 16.7. The van der Waals surface area contributed by atoms with Crippen LogP contribution in [0, 0.1) is 0 Å². The number of benzene rings is 3. The molecule has 1 heterocycles. The lowest BCUT2D eigenvalue weighted by atomic mass is 9.96. The molecule has 1 aliphatic rings. The Kier molecular flexibility index (Phi) is 13.2. The zero-order valence-corrected chi connectivity index (χ0v) is 29.6. The van der Waals surface area contributed by atoms with Gasteiger partial charge in [-0.3, -0.25) is 9.59 Å². The van der Waals surface area contributed by atoms with Gasteiger partial charge >= 0.3 is 12.1 Å². The van der Waals surface area contributed by atoms with E-state index in [9.17, 15) is 19.2 Å². The molecular weight excluding hydrogens is 636 g/mol. The summed E-state index contributed by atoms with van der Waals surface area (Å²) in [6.45, 7) is 7.71. The van der Waals surface area contributed by atoms with Gasteiger partial charge in [-0.25, -0.2) is 9.59 Å². The first-order chi connectivity index (χ1) is 23.8. The van der Waals surface area contributed by atoms with Crippen molar-refractivity contribution in [2.24, 2.45) is 0 Å². The van der Waals surface area contributed by atoms with E-state index in [2.05, 4.69) is 10.6 Å². The Morgan fingerprint density at radius 1 is 0.800 bits per heavy atom. The number of hydrogen-bond donors (Lipinski definition) is 2. The van der Waals surface area contributed by atoms with Crippen LogP contribution >= 0.6 is 0 Å². The summed E-state index contributed by atoms with van der Waals surface area (Å²) in [5.74, 6) is -2.04. The van der Waals surface area contributed by atoms with Crippen LogP contribution in [0.1, 0.15) is 50.5 Å². The zero-order valence-electron chi connectivity index (χ0n) is 29.6. The Hall–Kier alpha value is -5.16. The monoisotopic (exact) mass is 684 g/mol. The first-order valence-corrected chi connectivity index (χ1v) is 16.7. The van der Waals surface area contributed by atoms with Crippen molar-refractivity contribution < 1.29 is 33.4 Å². The minimum atomic E-state index is -1.39. The highest BCUT2D eigenvalue weighted by Gasteiger charge is 2.45. The van der Waals surface area contributed by atoms with Crippen LogP contribution in [-0.4, -0.2) is 91.2 Å². The van der Waals surface area contributed by atoms with Gasteiger partial charge in [-0.15, -0.1) is 0 Å². The van der Waals surface area contributed by atoms with Gasteiger partial charge in [0.05, 0.1) is 12.1 Å². The molecule has 3 aromatic rings. The van der Waals surface area contributed by atoms with Crippen LogP contribution in [0.4, 0.5) is 4.79 Å². The number of rotatable bonds is 13. The number of alkyl carbamates (subject to hydrolysis) is 1. The predicted molar refractivity (Wildman–Crippen MR) is 190 cm³/mol. The number of esters is 1. The fourth-order valence-corrected chi connectivity index (χ4v) is 5.49. The number of amides is 3. The van der Waals surface area contributed by atoms with Crippen molar-refractivity contribution in [1.82, 2.24) is 20.4 Å². The standard InChI is InChI=1S/C39H48N4O7/c1-27(44)40-33-31(41-38(47)50-39(2,3)4)26-32(37(46)49-34(29-18-12-8-13-19-29)30-20-14-9-15-21-30)48-35(33)36(45)43(25-24-42(5)6)23-22-28-16-10-7-11-17-28/h7-21,26,31,33-35H,22-25H2,1-6H3,(H,40,44)(H,41,47)/t31-,33+,35+/m0/s1. The van der Waals surface area contributed by atoms with Crippen molar-refractivity contribution >= 4 is 23.9 Å². The third kappa shape index (κ3) is 11.2. The minimum Gasteiger partial charge on any atom is -0.471 e. The highest BCUT2D eigenvalue weighted by Crippen LogP contribution is 2.29. The molecule has 0 saturated carbocycles. The molecule has 0 fully saturated rings. The third-order valence-electron chi connectivity index (χ3n) is 7.87. The number of carbonyl (C=O) groups excluding carboxylic acids is 4. The van der Waals surface area contributed by atoms with E-state index in [-0.39, 0.29) is 5.76 Å². The molecule has 3 amide bonds. The van der Waals surface area contributed by atoms with E-state index in [1.54, 1.807) is 25.7 Å². The molecule has 11 nitrogen and oxygen atoms in total. The number of ether oxygens (including phenoxy) is 3. The van der Waals surface area contributed by atoms with Gasteiger partial charge < -0.3 is 34.6 Å². The summed E-state index contributed by atoms with van der Waals surface area (Å²) in [6.07, 6.45) is -1.06. The van der Waals surface area contributed by atoms with E-state index in [0.29, 0.717) is 26.1 Å². The Balaban J connectivity index is 1.72. The lowest BCUT2D eigenvalue weighted by Crippen LogP contribution is -2.63. The van der Waals surface area contributed by atoms with Crippen molar-refractivity contribution in [2.45, 2.75) is 64.0 Å². The minimum absolute atomic E-state index is 0.279.